The highest BCUT2D eigenvalue weighted by atomic mass is 32.1. The van der Waals surface area contributed by atoms with Crippen LogP contribution in [0.15, 0.2) is 30.6 Å². The molecule has 2 aromatic heterocycles. The van der Waals surface area contributed by atoms with Gasteiger partial charge in [0.15, 0.2) is 0 Å². The van der Waals surface area contributed by atoms with Gasteiger partial charge in [-0.05, 0) is 54.5 Å². The van der Waals surface area contributed by atoms with Gasteiger partial charge in [-0.15, -0.1) is 11.3 Å². The third-order valence-corrected chi connectivity index (χ3v) is 6.58. The van der Waals surface area contributed by atoms with Crippen LogP contribution in [0.25, 0.3) is 0 Å². The van der Waals surface area contributed by atoms with E-state index in [1.807, 2.05) is 17.3 Å². The van der Waals surface area contributed by atoms with Crippen LogP contribution in [0.1, 0.15) is 39.0 Å². The van der Waals surface area contributed by atoms with E-state index in [4.69, 9.17) is 0 Å². The zero-order chi connectivity index (χ0) is 17.2. The lowest BCUT2D eigenvalue weighted by atomic mass is 9.90. The van der Waals surface area contributed by atoms with Gasteiger partial charge in [0.2, 0.25) is 0 Å². The number of hydrogen-bond donors (Lipinski definition) is 0. The zero-order valence-corrected chi connectivity index (χ0v) is 15.6. The molecule has 0 N–H and O–H groups in total. The van der Waals surface area contributed by atoms with E-state index < -0.39 is 0 Å². The van der Waals surface area contributed by atoms with Crippen molar-refractivity contribution in [2.45, 2.75) is 32.7 Å². The summed E-state index contributed by atoms with van der Waals surface area (Å²) in [6.07, 6.45) is 7.23. The molecule has 132 valence electrons. The van der Waals surface area contributed by atoms with E-state index in [2.05, 4.69) is 35.0 Å². The standard InChI is InChI=1S/C20H25N3OS/c1-15-2-3-18-17(12-15)13-19(25-18)20(24)23-10-8-22(9-11-23)14-16-4-6-21-7-5-16/h4-7,13,15H,2-3,8-12,14H2,1H3/t15-/m1/s1. The van der Waals surface area contributed by atoms with Gasteiger partial charge < -0.3 is 4.90 Å². The number of carbonyl (C=O) groups excluding carboxylic acids is 1. The smallest absolute Gasteiger partial charge is 0.264 e. The molecule has 1 atom stereocenters. The van der Waals surface area contributed by atoms with Gasteiger partial charge in [0, 0.05) is 50.0 Å². The van der Waals surface area contributed by atoms with Crippen molar-refractivity contribution in [3.8, 4) is 0 Å². The van der Waals surface area contributed by atoms with Crippen molar-refractivity contribution in [3.63, 3.8) is 0 Å². The van der Waals surface area contributed by atoms with Gasteiger partial charge >= 0.3 is 0 Å². The maximum atomic E-state index is 12.9. The Morgan fingerprint density at radius 2 is 2.00 bits per heavy atom. The predicted octanol–water partition coefficient (Wildman–Crippen LogP) is 3.23. The summed E-state index contributed by atoms with van der Waals surface area (Å²) in [4.78, 5) is 23.8. The lowest BCUT2D eigenvalue weighted by molar-refractivity contribution is 0.0633. The van der Waals surface area contributed by atoms with E-state index in [1.54, 1.807) is 11.3 Å². The predicted molar refractivity (Wildman–Crippen MR) is 101 cm³/mol. The normalized spacial score (nSPS) is 21.2. The van der Waals surface area contributed by atoms with Gasteiger partial charge in [0.1, 0.15) is 0 Å². The average molecular weight is 356 g/mol. The quantitative estimate of drug-likeness (QED) is 0.848. The van der Waals surface area contributed by atoms with Gasteiger partial charge in [-0.3, -0.25) is 14.7 Å². The molecular weight excluding hydrogens is 330 g/mol. The van der Waals surface area contributed by atoms with E-state index in [1.165, 1.54) is 22.4 Å². The summed E-state index contributed by atoms with van der Waals surface area (Å²) in [5.41, 5.74) is 2.71. The minimum Gasteiger partial charge on any atom is -0.335 e. The molecule has 4 rings (SSSR count). The van der Waals surface area contributed by atoms with Gasteiger partial charge in [0.25, 0.3) is 5.91 Å². The van der Waals surface area contributed by atoms with Crippen LogP contribution in [0.4, 0.5) is 0 Å². The molecule has 1 saturated heterocycles. The fourth-order valence-corrected chi connectivity index (χ4v) is 5.00. The fraction of sp³-hybridized carbons (Fsp3) is 0.500. The molecule has 5 heteroatoms. The first kappa shape index (κ1) is 16.7. The molecule has 2 aliphatic rings. The number of piperazine rings is 1. The highest BCUT2D eigenvalue weighted by Gasteiger charge is 2.26. The summed E-state index contributed by atoms with van der Waals surface area (Å²) in [6.45, 7) is 6.78. The molecule has 0 radical (unpaired) electrons. The summed E-state index contributed by atoms with van der Waals surface area (Å²) < 4.78 is 0. The van der Waals surface area contributed by atoms with Crippen LogP contribution in [0.2, 0.25) is 0 Å². The van der Waals surface area contributed by atoms with E-state index >= 15 is 0 Å². The molecule has 4 nitrogen and oxygen atoms in total. The Hall–Kier alpha value is -1.72. The highest BCUT2D eigenvalue weighted by molar-refractivity contribution is 7.14. The maximum absolute atomic E-state index is 12.9. The third-order valence-electron chi connectivity index (χ3n) is 5.36. The molecule has 0 bridgehead atoms. The van der Waals surface area contributed by atoms with Crippen LogP contribution in [0.5, 0.6) is 0 Å². The molecular formula is C20H25N3OS. The topological polar surface area (TPSA) is 36.4 Å². The molecule has 0 unspecified atom stereocenters. The third kappa shape index (κ3) is 3.77. The number of carbonyl (C=O) groups is 1. The Morgan fingerprint density at radius 1 is 1.24 bits per heavy atom. The van der Waals surface area contributed by atoms with Crippen LogP contribution < -0.4 is 0 Å². The lowest BCUT2D eigenvalue weighted by Crippen LogP contribution is -2.48. The number of amides is 1. The highest BCUT2D eigenvalue weighted by Crippen LogP contribution is 2.32. The van der Waals surface area contributed by atoms with Gasteiger partial charge in [0.05, 0.1) is 4.88 Å². The van der Waals surface area contributed by atoms with Crippen LogP contribution in [-0.2, 0) is 19.4 Å². The molecule has 0 spiro atoms. The Kier molecular flexibility index (Phi) is 4.86. The van der Waals surface area contributed by atoms with Crippen LogP contribution in [0, 0.1) is 5.92 Å². The molecule has 1 amide bonds. The Balaban J connectivity index is 1.35. The first-order valence-electron chi connectivity index (χ1n) is 9.21. The molecule has 1 aliphatic carbocycles. The maximum Gasteiger partial charge on any atom is 0.264 e. The van der Waals surface area contributed by atoms with Gasteiger partial charge in [-0.2, -0.15) is 0 Å². The number of nitrogens with zero attached hydrogens (tertiary/aromatic N) is 3. The number of aryl methyl sites for hydroxylation is 1. The molecule has 0 saturated carbocycles. The minimum atomic E-state index is 0.232. The van der Waals surface area contributed by atoms with Crippen LogP contribution in [0.3, 0.4) is 0 Å². The largest absolute Gasteiger partial charge is 0.335 e. The van der Waals surface area contributed by atoms with Crippen LogP contribution in [-0.4, -0.2) is 46.9 Å². The van der Waals surface area contributed by atoms with E-state index in [-0.39, 0.29) is 5.91 Å². The van der Waals surface area contributed by atoms with E-state index in [0.717, 1.165) is 56.4 Å². The van der Waals surface area contributed by atoms with Gasteiger partial charge in [-0.1, -0.05) is 6.92 Å². The van der Waals surface area contributed by atoms with Crippen molar-refractivity contribution in [1.82, 2.24) is 14.8 Å². The van der Waals surface area contributed by atoms with Crippen molar-refractivity contribution >= 4 is 17.2 Å². The Bertz CT molecular complexity index is 735. The molecule has 1 fully saturated rings. The monoisotopic (exact) mass is 355 g/mol. The fourth-order valence-electron chi connectivity index (χ4n) is 3.82. The van der Waals surface area contributed by atoms with E-state index in [9.17, 15) is 4.79 Å². The number of pyridine rings is 1. The Labute approximate surface area is 153 Å². The Morgan fingerprint density at radius 3 is 2.76 bits per heavy atom. The zero-order valence-electron chi connectivity index (χ0n) is 14.8. The SMILES string of the molecule is C[C@@H]1CCc2sc(C(=O)N3CCN(Cc4ccncc4)CC3)cc2C1. The van der Waals surface area contributed by atoms with Crippen molar-refractivity contribution in [3.05, 3.63) is 51.5 Å². The summed E-state index contributed by atoms with van der Waals surface area (Å²) in [5.74, 6) is 0.984. The molecule has 0 aromatic carbocycles. The van der Waals surface area contributed by atoms with Crippen molar-refractivity contribution in [1.29, 1.82) is 0 Å². The number of thiophene rings is 1. The molecule has 25 heavy (non-hydrogen) atoms. The number of fused-ring (bicyclic) bond motifs is 1. The van der Waals surface area contributed by atoms with Crippen molar-refractivity contribution in [2.75, 3.05) is 26.2 Å². The molecule has 3 heterocycles. The lowest BCUT2D eigenvalue weighted by Gasteiger charge is -2.34. The molecule has 2 aromatic rings. The van der Waals surface area contributed by atoms with Crippen molar-refractivity contribution < 1.29 is 4.79 Å². The minimum absolute atomic E-state index is 0.232. The number of rotatable bonds is 3. The van der Waals surface area contributed by atoms with Crippen molar-refractivity contribution in [2.24, 2.45) is 5.92 Å². The first-order valence-corrected chi connectivity index (χ1v) is 10.0. The number of hydrogen-bond acceptors (Lipinski definition) is 4. The van der Waals surface area contributed by atoms with E-state index in [0.29, 0.717) is 0 Å². The second-order valence-electron chi connectivity index (χ2n) is 7.33. The average Bonchev–Trinajstić information content (AvgIpc) is 3.06. The first-order chi connectivity index (χ1) is 12.2. The number of aromatic nitrogens is 1. The van der Waals surface area contributed by atoms with Gasteiger partial charge in [-0.25, -0.2) is 0 Å². The second kappa shape index (κ2) is 7.26. The summed E-state index contributed by atoms with van der Waals surface area (Å²) in [6, 6.07) is 6.30. The van der Waals surface area contributed by atoms with Crippen LogP contribution >= 0.6 is 11.3 Å². The summed E-state index contributed by atoms with van der Waals surface area (Å²) >= 11 is 1.73. The second-order valence-corrected chi connectivity index (χ2v) is 8.47. The summed E-state index contributed by atoms with van der Waals surface area (Å²) in [5, 5.41) is 0. The molecule has 1 aliphatic heterocycles. The summed E-state index contributed by atoms with van der Waals surface area (Å²) in [7, 11) is 0.